The summed E-state index contributed by atoms with van der Waals surface area (Å²) in [6.45, 7) is -0.297. The van der Waals surface area contributed by atoms with E-state index < -0.39 is 5.97 Å². The zero-order valence-electron chi connectivity index (χ0n) is 14.9. The molecule has 0 spiro atoms. The molecule has 1 aliphatic rings. The number of hydrogen-bond acceptors (Lipinski definition) is 4. The van der Waals surface area contributed by atoms with Crippen molar-refractivity contribution in [1.29, 1.82) is 0 Å². The number of nitrogens with zero attached hydrogens (tertiary/aromatic N) is 1. The highest BCUT2D eigenvalue weighted by molar-refractivity contribution is 6.03. The van der Waals surface area contributed by atoms with E-state index in [9.17, 15) is 9.59 Å². The molecule has 5 nitrogen and oxygen atoms in total. The van der Waals surface area contributed by atoms with Crippen LogP contribution < -0.4 is 5.32 Å². The fourth-order valence-electron chi connectivity index (χ4n) is 3.62. The summed E-state index contributed by atoms with van der Waals surface area (Å²) in [6.07, 6.45) is 4.53. The monoisotopic (exact) mass is 360 g/mol. The number of hydrogen-bond donors (Lipinski definition) is 1. The number of pyridine rings is 1. The summed E-state index contributed by atoms with van der Waals surface area (Å²) in [6, 6.07) is 17.1. The Hall–Kier alpha value is -3.21. The van der Waals surface area contributed by atoms with E-state index in [1.807, 2.05) is 36.4 Å². The Kier molecular flexibility index (Phi) is 4.83. The Morgan fingerprint density at radius 1 is 1.07 bits per heavy atom. The van der Waals surface area contributed by atoms with Crippen LogP contribution >= 0.6 is 0 Å². The summed E-state index contributed by atoms with van der Waals surface area (Å²) < 4.78 is 5.25. The predicted molar refractivity (Wildman–Crippen MR) is 102 cm³/mol. The molecular weight excluding hydrogens is 340 g/mol. The highest BCUT2D eigenvalue weighted by atomic mass is 16.5. The minimum Gasteiger partial charge on any atom is -0.452 e. The molecule has 1 aliphatic carbocycles. The van der Waals surface area contributed by atoms with Crippen LogP contribution in [0.4, 0.5) is 0 Å². The van der Waals surface area contributed by atoms with Crippen LogP contribution in [0.25, 0.3) is 10.9 Å². The van der Waals surface area contributed by atoms with Crippen LogP contribution in [-0.4, -0.2) is 23.5 Å². The average Bonchev–Trinajstić information content (AvgIpc) is 2.72. The molecule has 2 aromatic carbocycles. The average molecular weight is 360 g/mol. The number of amides is 1. The van der Waals surface area contributed by atoms with Gasteiger partial charge in [0.2, 0.25) is 0 Å². The third-order valence-corrected chi connectivity index (χ3v) is 4.91. The molecule has 5 heteroatoms. The van der Waals surface area contributed by atoms with Gasteiger partial charge in [-0.25, -0.2) is 4.79 Å². The minimum atomic E-state index is -0.521. The van der Waals surface area contributed by atoms with E-state index in [0.29, 0.717) is 10.9 Å². The molecule has 0 radical (unpaired) electrons. The molecule has 0 aliphatic heterocycles. The van der Waals surface area contributed by atoms with Crippen molar-refractivity contribution in [2.45, 2.75) is 25.3 Å². The lowest BCUT2D eigenvalue weighted by Crippen LogP contribution is -2.34. The van der Waals surface area contributed by atoms with Gasteiger partial charge >= 0.3 is 5.97 Å². The normalized spacial score (nSPS) is 15.8. The number of ether oxygens (including phenoxy) is 1. The first-order valence-electron chi connectivity index (χ1n) is 9.10. The van der Waals surface area contributed by atoms with E-state index >= 15 is 0 Å². The molecule has 0 fully saturated rings. The number of benzene rings is 2. The van der Waals surface area contributed by atoms with E-state index in [1.165, 1.54) is 5.56 Å². The van der Waals surface area contributed by atoms with Crippen molar-refractivity contribution < 1.29 is 14.3 Å². The molecule has 0 saturated heterocycles. The van der Waals surface area contributed by atoms with Crippen molar-refractivity contribution in [3.8, 4) is 0 Å². The molecule has 27 heavy (non-hydrogen) atoms. The van der Waals surface area contributed by atoms with Crippen LogP contribution in [0.1, 0.15) is 40.4 Å². The number of carbonyl (C=O) groups is 2. The van der Waals surface area contributed by atoms with E-state index in [0.717, 1.165) is 30.3 Å². The van der Waals surface area contributed by atoms with Gasteiger partial charge in [0.1, 0.15) is 0 Å². The molecule has 3 aromatic rings. The van der Waals surface area contributed by atoms with Crippen molar-refractivity contribution in [3.63, 3.8) is 0 Å². The number of esters is 1. The summed E-state index contributed by atoms with van der Waals surface area (Å²) in [5.41, 5.74) is 3.56. The van der Waals surface area contributed by atoms with Gasteiger partial charge in [-0.1, -0.05) is 42.5 Å². The number of rotatable bonds is 4. The smallest absolute Gasteiger partial charge is 0.339 e. The Morgan fingerprint density at radius 2 is 1.89 bits per heavy atom. The molecule has 1 heterocycles. The molecular formula is C22H20N2O3. The zero-order valence-corrected chi connectivity index (χ0v) is 14.9. The van der Waals surface area contributed by atoms with Crippen molar-refractivity contribution in [1.82, 2.24) is 10.3 Å². The van der Waals surface area contributed by atoms with Crippen molar-refractivity contribution in [2.24, 2.45) is 0 Å². The van der Waals surface area contributed by atoms with Crippen LogP contribution in [0.5, 0.6) is 0 Å². The standard InChI is InChI=1S/C22H20N2O3/c25-21(24-20-11-5-7-15-6-1-2-8-16(15)20)14-27-22(26)18-12-13-23-19-10-4-3-9-17(18)19/h1-4,6,8-10,12-13,20H,5,7,11,14H2,(H,24,25). The summed E-state index contributed by atoms with van der Waals surface area (Å²) in [7, 11) is 0. The van der Waals surface area contributed by atoms with E-state index in [2.05, 4.69) is 22.4 Å². The molecule has 0 bridgehead atoms. The lowest BCUT2D eigenvalue weighted by molar-refractivity contribution is -0.125. The fraction of sp³-hybridized carbons (Fsp3) is 0.227. The van der Waals surface area contributed by atoms with Crippen LogP contribution in [-0.2, 0) is 16.0 Å². The van der Waals surface area contributed by atoms with Gasteiger partial charge in [-0.05, 0) is 42.5 Å². The van der Waals surface area contributed by atoms with E-state index in [1.54, 1.807) is 12.3 Å². The Bertz CT molecular complexity index is 994. The van der Waals surface area contributed by atoms with Gasteiger partial charge in [-0.3, -0.25) is 9.78 Å². The first-order valence-corrected chi connectivity index (χ1v) is 9.10. The van der Waals surface area contributed by atoms with Gasteiger partial charge in [-0.15, -0.1) is 0 Å². The highest BCUT2D eigenvalue weighted by Gasteiger charge is 2.22. The molecule has 4 rings (SSSR count). The Morgan fingerprint density at radius 3 is 2.81 bits per heavy atom. The zero-order chi connectivity index (χ0) is 18.6. The van der Waals surface area contributed by atoms with Crippen LogP contribution in [0.2, 0.25) is 0 Å². The van der Waals surface area contributed by atoms with Gasteiger partial charge < -0.3 is 10.1 Å². The molecule has 1 atom stereocenters. The molecule has 1 N–H and O–H groups in total. The Balaban J connectivity index is 1.40. The first-order chi connectivity index (χ1) is 13.2. The first kappa shape index (κ1) is 17.2. The molecule has 136 valence electrons. The lowest BCUT2D eigenvalue weighted by Gasteiger charge is -2.26. The van der Waals surface area contributed by atoms with Gasteiger partial charge in [0, 0.05) is 11.6 Å². The molecule has 1 aromatic heterocycles. The predicted octanol–water partition coefficient (Wildman–Crippen LogP) is 3.59. The summed E-state index contributed by atoms with van der Waals surface area (Å²) in [4.78, 5) is 29.0. The highest BCUT2D eigenvalue weighted by Crippen LogP contribution is 2.29. The van der Waals surface area contributed by atoms with Gasteiger partial charge in [0.25, 0.3) is 5.91 Å². The van der Waals surface area contributed by atoms with E-state index in [-0.39, 0.29) is 18.6 Å². The number of para-hydroxylation sites is 1. The minimum absolute atomic E-state index is 0.0251. The molecule has 0 saturated carbocycles. The van der Waals surface area contributed by atoms with E-state index in [4.69, 9.17) is 4.74 Å². The third-order valence-electron chi connectivity index (χ3n) is 4.91. The third kappa shape index (κ3) is 3.67. The molecule has 1 unspecified atom stereocenters. The maximum absolute atomic E-state index is 12.4. The van der Waals surface area contributed by atoms with Crippen molar-refractivity contribution >= 4 is 22.8 Å². The topological polar surface area (TPSA) is 68.3 Å². The SMILES string of the molecule is O=C(COC(=O)c1ccnc2ccccc12)NC1CCCc2ccccc21. The van der Waals surface area contributed by atoms with Crippen molar-refractivity contribution in [3.05, 3.63) is 77.5 Å². The van der Waals surface area contributed by atoms with Crippen LogP contribution in [0, 0.1) is 0 Å². The summed E-state index contributed by atoms with van der Waals surface area (Å²) in [5, 5.41) is 3.71. The van der Waals surface area contributed by atoms with Crippen LogP contribution in [0.15, 0.2) is 60.8 Å². The quantitative estimate of drug-likeness (QED) is 0.722. The number of carbonyl (C=O) groups excluding carboxylic acids is 2. The molecule has 1 amide bonds. The van der Waals surface area contributed by atoms with Crippen molar-refractivity contribution in [2.75, 3.05) is 6.61 Å². The second kappa shape index (κ2) is 7.58. The summed E-state index contributed by atoms with van der Waals surface area (Å²) >= 11 is 0. The number of fused-ring (bicyclic) bond motifs is 2. The Labute approximate surface area is 157 Å². The lowest BCUT2D eigenvalue weighted by atomic mass is 9.88. The van der Waals surface area contributed by atoms with Gasteiger partial charge in [0.15, 0.2) is 6.61 Å². The second-order valence-electron chi connectivity index (χ2n) is 6.66. The van der Waals surface area contributed by atoms with Gasteiger partial charge in [-0.2, -0.15) is 0 Å². The number of aromatic nitrogens is 1. The maximum atomic E-state index is 12.4. The summed E-state index contributed by atoms with van der Waals surface area (Å²) in [5.74, 6) is -0.809. The van der Waals surface area contributed by atoms with Crippen LogP contribution in [0.3, 0.4) is 0 Å². The second-order valence-corrected chi connectivity index (χ2v) is 6.66. The largest absolute Gasteiger partial charge is 0.452 e. The van der Waals surface area contributed by atoms with Gasteiger partial charge in [0.05, 0.1) is 17.1 Å². The fourth-order valence-corrected chi connectivity index (χ4v) is 3.62. The number of aryl methyl sites for hydroxylation is 1. The maximum Gasteiger partial charge on any atom is 0.339 e. The number of nitrogens with one attached hydrogen (secondary N) is 1.